The summed E-state index contributed by atoms with van der Waals surface area (Å²) in [5.74, 6) is 0.797. The van der Waals surface area contributed by atoms with Gasteiger partial charge in [-0.1, -0.05) is 35.5 Å². The molecular weight excluding hydrogens is 292 g/mol. The fraction of sp³-hybridized carbons (Fsp3) is 0.333. The molecule has 118 valence electrons. The molecule has 1 amide bonds. The normalized spacial score (nSPS) is 20.0. The molecule has 5 heteroatoms. The Morgan fingerprint density at radius 1 is 1.17 bits per heavy atom. The SMILES string of the molecule is O=C([C@@H]1CC(c2ccccc2)=NO1)N(Cc1ccco1)C1CC1. The summed E-state index contributed by atoms with van der Waals surface area (Å²) in [5, 5.41) is 4.11. The summed E-state index contributed by atoms with van der Waals surface area (Å²) in [7, 11) is 0. The Balaban J connectivity index is 1.44. The average Bonchev–Trinajstić information content (AvgIpc) is 3.10. The predicted octanol–water partition coefficient (Wildman–Crippen LogP) is 2.96. The minimum absolute atomic E-state index is 0.00131. The molecule has 0 unspecified atom stereocenters. The van der Waals surface area contributed by atoms with E-state index in [0.29, 0.717) is 19.0 Å². The number of benzene rings is 1. The summed E-state index contributed by atoms with van der Waals surface area (Å²) in [6, 6.07) is 13.9. The van der Waals surface area contributed by atoms with Crippen molar-refractivity contribution in [1.29, 1.82) is 0 Å². The van der Waals surface area contributed by atoms with Crippen molar-refractivity contribution in [3.05, 3.63) is 60.1 Å². The minimum atomic E-state index is -0.527. The van der Waals surface area contributed by atoms with E-state index in [2.05, 4.69) is 5.16 Å². The van der Waals surface area contributed by atoms with Gasteiger partial charge in [0.25, 0.3) is 5.91 Å². The second-order valence-corrected chi connectivity index (χ2v) is 5.98. The summed E-state index contributed by atoms with van der Waals surface area (Å²) in [5.41, 5.74) is 1.84. The zero-order valence-electron chi connectivity index (χ0n) is 12.7. The highest BCUT2D eigenvalue weighted by Crippen LogP contribution is 2.31. The van der Waals surface area contributed by atoms with Gasteiger partial charge in [0.05, 0.1) is 18.5 Å². The van der Waals surface area contributed by atoms with Crippen molar-refractivity contribution in [3.63, 3.8) is 0 Å². The van der Waals surface area contributed by atoms with E-state index in [1.54, 1.807) is 6.26 Å². The maximum absolute atomic E-state index is 12.8. The number of hydrogen-bond donors (Lipinski definition) is 0. The molecule has 1 aliphatic carbocycles. The highest BCUT2D eigenvalue weighted by molar-refractivity contribution is 6.04. The molecule has 1 aromatic carbocycles. The topological polar surface area (TPSA) is 55.0 Å². The Morgan fingerprint density at radius 2 is 2.00 bits per heavy atom. The first-order valence-electron chi connectivity index (χ1n) is 7.92. The van der Waals surface area contributed by atoms with Crippen molar-refractivity contribution in [1.82, 2.24) is 4.90 Å². The van der Waals surface area contributed by atoms with Crippen LogP contribution in [0, 0.1) is 0 Å². The first-order chi connectivity index (χ1) is 11.3. The molecule has 2 heterocycles. The van der Waals surface area contributed by atoms with Crippen LogP contribution in [0.3, 0.4) is 0 Å². The van der Waals surface area contributed by atoms with Gasteiger partial charge in [0.1, 0.15) is 5.76 Å². The summed E-state index contributed by atoms with van der Waals surface area (Å²) >= 11 is 0. The number of furan rings is 1. The Labute approximate surface area is 134 Å². The van der Waals surface area contributed by atoms with E-state index in [-0.39, 0.29) is 5.91 Å². The summed E-state index contributed by atoms with van der Waals surface area (Å²) in [4.78, 5) is 20.1. The van der Waals surface area contributed by atoms with Gasteiger partial charge >= 0.3 is 0 Å². The molecule has 1 atom stereocenters. The van der Waals surface area contributed by atoms with Crippen LogP contribution in [0.25, 0.3) is 0 Å². The summed E-state index contributed by atoms with van der Waals surface area (Å²) in [6.07, 6.45) is 3.72. The van der Waals surface area contributed by atoms with Crippen LogP contribution >= 0.6 is 0 Å². The molecule has 1 saturated carbocycles. The van der Waals surface area contributed by atoms with Crippen LogP contribution in [0.1, 0.15) is 30.6 Å². The molecule has 1 fully saturated rings. The highest BCUT2D eigenvalue weighted by Gasteiger charge is 2.39. The van der Waals surface area contributed by atoms with Crippen LogP contribution in [-0.2, 0) is 16.2 Å². The average molecular weight is 310 g/mol. The van der Waals surface area contributed by atoms with Crippen molar-refractivity contribution in [2.45, 2.75) is 38.0 Å². The third-order valence-corrected chi connectivity index (χ3v) is 4.23. The Bertz CT molecular complexity index is 705. The van der Waals surface area contributed by atoms with Gasteiger partial charge < -0.3 is 14.2 Å². The van der Waals surface area contributed by atoms with Gasteiger partial charge in [0.15, 0.2) is 0 Å². The Morgan fingerprint density at radius 3 is 2.70 bits per heavy atom. The van der Waals surface area contributed by atoms with E-state index in [4.69, 9.17) is 9.25 Å². The Kier molecular flexibility index (Phi) is 3.61. The fourth-order valence-corrected chi connectivity index (χ4v) is 2.84. The maximum Gasteiger partial charge on any atom is 0.267 e. The van der Waals surface area contributed by atoms with Crippen molar-refractivity contribution in [2.75, 3.05) is 0 Å². The monoisotopic (exact) mass is 310 g/mol. The number of amides is 1. The standard InChI is InChI=1S/C18H18N2O3/c21-18(20(14-8-9-14)12-15-7-4-10-22-15)17-11-16(19-23-17)13-5-2-1-3-6-13/h1-7,10,14,17H,8-9,11-12H2/t17-/m0/s1. The van der Waals surface area contributed by atoms with Crippen LogP contribution in [-0.4, -0.2) is 28.7 Å². The van der Waals surface area contributed by atoms with E-state index in [1.165, 1.54) is 0 Å². The van der Waals surface area contributed by atoms with Gasteiger partial charge in [-0.2, -0.15) is 0 Å². The third-order valence-electron chi connectivity index (χ3n) is 4.23. The molecule has 2 aliphatic rings. The number of carbonyl (C=O) groups is 1. The smallest absolute Gasteiger partial charge is 0.267 e. The van der Waals surface area contributed by atoms with Crippen molar-refractivity contribution < 1.29 is 14.0 Å². The molecule has 1 aliphatic heterocycles. The summed E-state index contributed by atoms with van der Waals surface area (Å²) < 4.78 is 5.38. The third kappa shape index (κ3) is 2.99. The summed E-state index contributed by atoms with van der Waals surface area (Å²) in [6.45, 7) is 0.497. The van der Waals surface area contributed by atoms with E-state index < -0.39 is 6.10 Å². The molecule has 0 bridgehead atoms. The predicted molar refractivity (Wildman–Crippen MR) is 84.7 cm³/mol. The van der Waals surface area contributed by atoms with Crippen LogP contribution < -0.4 is 0 Å². The first kappa shape index (κ1) is 14.1. The minimum Gasteiger partial charge on any atom is -0.467 e. The number of rotatable bonds is 5. The molecule has 2 aromatic rings. The second-order valence-electron chi connectivity index (χ2n) is 5.98. The van der Waals surface area contributed by atoms with Crippen LogP contribution in [0.15, 0.2) is 58.3 Å². The highest BCUT2D eigenvalue weighted by atomic mass is 16.6. The van der Waals surface area contributed by atoms with Gasteiger partial charge in [0, 0.05) is 12.5 Å². The van der Waals surface area contributed by atoms with Gasteiger partial charge in [-0.3, -0.25) is 4.79 Å². The van der Waals surface area contributed by atoms with Crippen molar-refractivity contribution in [3.8, 4) is 0 Å². The first-order valence-corrected chi connectivity index (χ1v) is 7.92. The molecule has 0 saturated heterocycles. The molecule has 4 rings (SSSR count). The molecule has 0 spiro atoms. The zero-order chi connectivity index (χ0) is 15.6. The molecule has 0 N–H and O–H groups in total. The maximum atomic E-state index is 12.8. The zero-order valence-corrected chi connectivity index (χ0v) is 12.7. The lowest BCUT2D eigenvalue weighted by Crippen LogP contribution is -2.40. The lowest BCUT2D eigenvalue weighted by molar-refractivity contribution is -0.143. The number of nitrogens with zero attached hydrogens (tertiary/aromatic N) is 2. The van der Waals surface area contributed by atoms with Gasteiger partial charge in [-0.15, -0.1) is 0 Å². The number of carbonyl (C=O) groups excluding carboxylic acids is 1. The molecule has 0 radical (unpaired) electrons. The van der Waals surface area contributed by atoms with E-state index >= 15 is 0 Å². The number of oxime groups is 1. The molecule has 23 heavy (non-hydrogen) atoms. The molecule has 1 aromatic heterocycles. The largest absolute Gasteiger partial charge is 0.467 e. The molecule has 5 nitrogen and oxygen atoms in total. The van der Waals surface area contributed by atoms with Crippen LogP contribution in [0.5, 0.6) is 0 Å². The van der Waals surface area contributed by atoms with Crippen molar-refractivity contribution in [2.24, 2.45) is 5.16 Å². The van der Waals surface area contributed by atoms with Crippen LogP contribution in [0.2, 0.25) is 0 Å². The Hall–Kier alpha value is -2.56. The molecular formula is C18H18N2O3. The lowest BCUT2D eigenvalue weighted by Gasteiger charge is -2.23. The van der Waals surface area contributed by atoms with E-state index in [1.807, 2.05) is 47.4 Å². The quantitative estimate of drug-likeness (QED) is 0.853. The lowest BCUT2D eigenvalue weighted by atomic mass is 10.0. The van der Waals surface area contributed by atoms with Gasteiger partial charge in [-0.25, -0.2) is 0 Å². The van der Waals surface area contributed by atoms with E-state index in [9.17, 15) is 4.79 Å². The van der Waals surface area contributed by atoms with Gasteiger partial charge in [-0.05, 0) is 30.5 Å². The second kappa shape index (κ2) is 5.91. The van der Waals surface area contributed by atoms with Crippen molar-refractivity contribution >= 4 is 11.6 Å². The number of hydrogen-bond acceptors (Lipinski definition) is 4. The van der Waals surface area contributed by atoms with Crippen LogP contribution in [0.4, 0.5) is 0 Å². The van der Waals surface area contributed by atoms with Gasteiger partial charge in [0.2, 0.25) is 6.10 Å². The van der Waals surface area contributed by atoms with E-state index in [0.717, 1.165) is 29.9 Å². The fourth-order valence-electron chi connectivity index (χ4n) is 2.84.